The SMILES string of the molecule is CC1=C(C)[C@@]2(C)C[C@]1(C)[C@@H]1C=C(c3ccc(F)cc3)C(=O)[C@@H]12. The predicted molar refractivity (Wildman–Crippen MR) is 85.6 cm³/mol. The lowest BCUT2D eigenvalue weighted by molar-refractivity contribution is -0.119. The van der Waals surface area contributed by atoms with E-state index < -0.39 is 0 Å². The van der Waals surface area contributed by atoms with Crippen LogP contribution in [-0.4, -0.2) is 5.78 Å². The Morgan fingerprint density at radius 3 is 2.27 bits per heavy atom. The lowest BCUT2D eigenvalue weighted by Crippen LogP contribution is -2.34. The molecule has 4 atom stereocenters. The van der Waals surface area contributed by atoms with Gasteiger partial charge < -0.3 is 0 Å². The van der Waals surface area contributed by atoms with E-state index in [1.165, 1.54) is 23.3 Å². The van der Waals surface area contributed by atoms with Gasteiger partial charge >= 0.3 is 0 Å². The average Bonchev–Trinajstić information content (AvgIpc) is 3.00. The molecule has 3 aliphatic rings. The second-order valence-corrected chi connectivity index (χ2v) is 7.72. The number of carbonyl (C=O) groups is 1. The summed E-state index contributed by atoms with van der Waals surface area (Å²) in [5, 5.41) is 0. The lowest BCUT2D eigenvalue weighted by Gasteiger charge is -2.36. The van der Waals surface area contributed by atoms with Crippen LogP contribution in [0.4, 0.5) is 4.39 Å². The minimum absolute atomic E-state index is 0.0150. The summed E-state index contributed by atoms with van der Waals surface area (Å²) < 4.78 is 13.1. The second-order valence-electron chi connectivity index (χ2n) is 7.72. The van der Waals surface area contributed by atoms with E-state index >= 15 is 0 Å². The number of allylic oxidation sites excluding steroid dienone is 4. The standard InChI is InChI=1S/C20H21FO/c1-11-12(2)20(4)10-19(11,3)16-9-15(18(22)17(16)20)13-5-7-14(21)8-6-13/h5-9,16-17H,10H2,1-4H3/t16-,17-,19+,20-/m1/s1. The summed E-state index contributed by atoms with van der Waals surface area (Å²) >= 11 is 0. The van der Waals surface area contributed by atoms with Gasteiger partial charge in [0.05, 0.1) is 0 Å². The molecule has 0 saturated heterocycles. The van der Waals surface area contributed by atoms with Crippen molar-refractivity contribution in [3.63, 3.8) is 0 Å². The maximum atomic E-state index is 13.1. The zero-order valence-corrected chi connectivity index (χ0v) is 13.5. The highest BCUT2D eigenvalue weighted by atomic mass is 19.1. The highest BCUT2D eigenvalue weighted by molar-refractivity contribution is 6.24. The first-order chi connectivity index (χ1) is 10.3. The molecule has 0 unspecified atom stereocenters. The number of Topliss-reactive ketones (excluding diaryl/α,β-unsaturated/α-hetero) is 1. The van der Waals surface area contributed by atoms with Gasteiger partial charge in [-0.15, -0.1) is 0 Å². The van der Waals surface area contributed by atoms with E-state index in [-0.39, 0.29) is 34.3 Å². The van der Waals surface area contributed by atoms with Crippen molar-refractivity contribution in [2.45, 2.75) is 34.1 Å². The molecule has 0 aliphatic heterocycles. The van der Waals surface area contributed by atoms with E-state index in [0.29, 0.717) is 0 Å². The van der Waals surface area contributed by atoms with Gasteiger partial charge in [0.25, 0.3) is 0 Å². The maximum Gasteiger partial charge on any atom is 0.167 e. The zero-order valence-electron chi connectivity index (χ0n) is 13.5. The van der Waals surface area contributed by atoms with Crippen LogP contribution in [0.5, 0.6) is 0 Å². The van der Waals surface area contributed by atoms with E-state index in [1.54, 1.807) is 12.1 Å². The molecule has 1 aromatic rings. The van der Waals surface area contributed by atoms with Crippen LogP contribution in [-0.2, 0) is 4.79 Å². The Labute approximate surface area is 130 Å². The molecule has 2 bridgehead atoms. The third-order valence-electron chi connectivity index (χ3n) is 6.84. The minimum Gasteiger partial charge on any atom is -0.294 e. The molecule has 0 N–H and O–H groups in total. The molecule has 0 radical (unpaired) electrons. The van der Waals surface area contributed by atoms with Gasteiger partial charge in [-0.05, 0) is 54.7 Å². The van der Waals surface area contributed by atoms with Gasteiger partial charge in [-0.25, -0.2) is 4.39 Å². The normalized spacial score (nSPS) is 39.5. The monoisotopic (exact) mass is 296 g/mol. The summed E-state index contributed by atoms with van der Waals surface area (Å²) in [7, 11) is 0. The Bertz CT molecular complexity index is 754. The van der Waals surface area contributed by atoms with E-state index in [9.17, 15) is 9.18 Å². The van der Waals surface area contributed by atoms with Crippen LogP contribution in [0.1, 0.15) is 39.7 Å². The largest absolute Gasteiger partial charge is 0.294 e. The topological polar surface area (TPSA) is 17.1 Å². The average molecular weight is 296 g/mol. The molecule has 2 heteroatoms. The molecule has 1 aromatic carbocycles. The van der Waals surface area contributed by atoms with Crippen molar-refractivity contribution in [3.8, 4) is 0 Å². The number of carbonyl (C=O) groups excluding carboxylic acids is 1. The van der Waals surface area contributed by atoms with E-state index in [1.807, 2.05) is 0 Å². The first kappa shape index (κ1) is 13.9. The van der Waals surface area contributed by atoms with E-state index in [2.05, 4.69) is 33.8 Å². The zero-order chi connectivity index (χ0) is 15.9. The fourth-order valence-electron chi connectivity index (χ4n) is 5.39. The Balaban J connectivity index is 1.83. The molecule has 22 heavy (non-hydrogen) atoms. The van der Waals surface area contributed by atoms with E-state index in [0.717, 1.165) is 17.6 Å². The smallest absolute Gasteiger partial charge is 0.167 e. The van der Waals surface area contributed by atoms with Crippen molar-refractivity contribution < 1.29 is 9.18 Å². The van der Waals surface area contributed by atoms with Gasteiger partial charge in [0.2, 0.25) is 0 Å². The van der Waals surface area contributed by atoms with Crippen LogP contribution in [0, 0.1) is 28.5 Å². The molecule has 114 valence electrons. The van der Waals surface area contributed by atoms with Gasteiger partial charge in [-0.2, -0.15) is 0 Å². The van der Waals surface area contributed by atoms with Crippen LogP contribution in [0.3, 0.4) is 0 Å². The number of hydrogen-bond donors (Lipinski definition) is 0. The van der Waals surface area contributed by atoms with Gasteiger partial charge in [-0.1, -0.05) is 43.2 Å². The summed E-state index contributed by atoms with van der Waals surface area (Å²) in [5.74, 6) is 0.326. The highest BCUT2D eigenvalue weighted by Gasteiger charge is 2.66. The number of ketones is 1. The number of benzene rings is 1. The molecule has 4 rings (SSSR count). The molecule has 1 saturated carbocycles. The Morgan fingerprint density at radius 2 is 1.64 bits per heavy atom. The van der Waals surface area contributed by atoms with Crippen LogP contribution in [0.2, 0.25) is 0 Å². The van der Waals surface area contributed by atoms with E-state index in [4.69, 9.17) is 0 Å². The lowest BCUT2D eigenvalue weighted by atomic mass is 9.66. The molecule has 0 heterocycles. The third kappa shape index (κ3) is 1.41. The predicted octanol–water partition coefficient (Wildman–Crippen LogP) is 4.79. The quantitative estimate of drug-likeness (QED) is 0.681. The Kier molecular flexibility index (Phi) is 2.52. The molecule has 3 aliphatic carbocycles. The molecular weight excluding hydrogens is 275 g/mol. The van der Waals surface area contributed by atoms with Gasteiger partial charge in [0.1, 0.15) is 5.82 Å². The molecular formula is C20H21FO. The Morgan fingerprint density at radius 1 is 1.05 bits per heavy atom. The molecule has 0 aromatic heterocycles. The fraction of sp³-hybridized carbons (Fsp3) is 0.450. The van der Waals surface area contributed by atoms with Crippen molar-refractivity contribution in [2.75, 3.05) is 0 Å². The highest BCUT2D eigenvalue weighted by Crippen LogP contribution is 2.71. The van der Waals surface area contributed by atoms with Gasteiger partial charge in [0, 0.05) is 11.5 Å². The second kappa shape index (κ2) is 3.98. The third-order valence-corrected chi connectivity index (χ3v) is 6.84. The van der Waals surface area contributed by atoms with Gasteiger partial charge in [-0.3, -0.25) is 4.79 Å². The van der Waals surface area contributed by atoms with Crippen molar-refractivity contribution >= 4 is 11.4 Å². The number of hydrogen-bond acceptors (Lipinski definition) is 1. The molecule has 1 nitrogen and oxygen atoms in total. The summed E-state index contributed by atoms with van der Waals surface area (Å²) in [6.45, 7) is 8.98. The van der Waals surface area contributed by atoms with Crippen LogP contribution < -0.4 is 0 Å². The van der Waals surface area contributed by atoms with Crippen LogP contribution in [0.25, 0.3) is 5.57 Å². The summed E-state index contributed by atoms with van der Waals surface area (Å²) in [6.07, 6.45) is 3.24. The number of fused-ring (bicyclic) bond motifs is 5. The maximum absolute atomic E-state index is 13.1. The minimum atomic E-state index is -0.262. The summed E-state index contributed by atoms with van der Waals surface area (Å²) in [6, 6.07) is 6.31. The van der Waals surface area contributed by atoms with Crippen LogP contribution in [0.15, 0.2) is 41.5 Å². The number of rotatable bonds is 1. The molecule has 0 spiro atoms. The molecule has 0 amide bonds. The summed E-state index contributed by atoms with van der Waals surface area (Å²) in [5.41, 5.74) is 4.58. The Hall–Kier alpha value is -1.70. The molecule has 1 fully saturated rings. The summed E-state index contributed by atoms with van der Waals surface area (Å²) in [4.78, 5) is 13.1. The van der Waals surface area contributed by atoms with Gasteiger partial charge in [0.15, 0.2) is 5.78 Å². The van der Waals surface area contributed by atoms with Crippen molar-refractivity contribution in [1.82, 2.24) is 0 Å². The van der Waals surface area contributed by atoms with Crippen molar-refractivity contribution in [2.24, 2.45) is 22.7 Å². The first-order valence-electron chi connectivity index (χ1n) is 7.99. The number of halogens is 1. The van der Waals surface area contributed by atoms with Crippen molar-refractivity contribution in [3.05, 3.63) is 52.9 Å². The van der Waals surface area contributed by atoms with Crippen LogP contribution >= 0.6 is 0 Å². The fourth-order valence-corrected chi connectivity index (χ4v) is 5.39. The van der Waals surface area contributed by atoms with Crippen molar-refractivity contribution in [1.29, 1.82) is 0 Å². The first-order valence-corrected chi connectivity index (χ1v) is 7.99.